The molecule has 1 saturated heterocycles. The Morgan fingerprint density at radius 2 is 2.04 bits per heavy atom. The zero-order valence-electron chi connectivity index (χ0n) is 13.2. The monoisotopic (exact) mass is 353 g/mol. The Morgan fingerprint density at radius 3 is 2.71 bits per heavy atom. The maximum atomic E-state index is 12.8. The number of hydrogen-bond donors (Lipinski definition) is 1. The molecule has 24 heavy (non-hydrogen) atoms. The van der Waals surface area contributed by atoms with E-state index in [0.29, 0.717) is 10.8 Å². The van der Waals surface area contributed by atoms with E-state index in [1.54, 1.807) is 6.07 Å². The van der Waals surface area contributed by atoms with E-state index in [-0.39, 0.29) is 6.04 Å². The second-order valence-corrected chi connectivity index (χ2v) is 6.29. The van der Waals surface area contributed by atoms with Gasteiger partial charge in [0.15, 0.2) is 5.11 Å². The fourth-order valence-corrected chi connectivity index (χ4v) is 3.44. The fourth-order valence-electron chi connectivity index (χ4n) is 3.11. The van der Waals surface area contributed by atoms with Crippen molar-refractivity contribution >= 4 is 23.0 Å². The summed E-state index contributed by atoms with van der Waals surface area (Å²) in [5.41, 5.74) is 0.823. The van der Waals surface area contributed by atoms with Gasteiger partial charge in [0, 0.05) is 31.2 Å². The minimum Gasteiger partial charge on any atom is -0.353 e. The van der Waals surface area contributed by atoms with E-state index >= 15 is 0 Å². The number of nitrogens with zero attached hydrogens (tertiary/aromatic N) is 2. The number of alkyl halides is 3. The first-order valence-corrected chi connectivity index (χ1v) is 8.13. The van der Waals surface area contributed by atoms with Crippen LogP contribution in [0, 0.1) is 0 Å². The van der Waals surface area contributed by atoms with Crippen LogP contribution in [0.2, 0.25) is 0 Å². The molecule has 7 heteroatoms. The summed E-state index contributed by atoms with van der Waals surface area (Å²) in [4.78, 5) is 2.05. The number of rotatable bonds is 2. The van der Waals surface area contributed by atoms with Gasteiger partial charge in [0.05, 0.1) is 11.6 Å². The molecular weight excluding hydrogens is 335 g/mol. The predicted molar refractivity (Wildman–Crippen MR) is 91.8 cm³/mol. The summed E-state index contributed by atoms with van der Waals surface area (Å²) >= 11 is 5.45. The van der Waals surface area contributed by atoms with Gasteiger partial charge in [0.25, 0.3) is 0 Å². The number of likely N-dealkylation sites (tertiary alicyclic amines) is 1. The molecule has 1 aromatic heterocycles. The summed E-state index contributed by atoms with van der Waals surface area (Å²) in [5, 5.41) is 3.41. The molecule has 1 aliphatic heterocycles. The van der Waals surface area contributed by atoms with Crippen LogP contribution < -0.4 is 5.32 Å². The van der Waals surface area contributed by atoms with Gasteiger partial charge in [-0.3, -0.25) is 0 Å². The highest BCUT2D eigenvalue weighted by Gasteiger charge is 2.31. The van der Waals surface area contributed by atoms with Crippen molar-refractivity contribution in [1.82, 2.24) is 9.47 Å². The van der Waals surface area contributed by atoms with Crippen molar-refractivity contribution in [2.75, 3.05) is 11.9 Å². The summed E-state index contributed by atoms with van der Waals surface area (Å²) in [6.45, 7) is 0.792. The molecule has 3 rings (SSSR count). The molecule has 1 atom stereocenters. The number of nitrogens with one attached hydrogen (secondary N) is 1. The molecule has 2 aromatic rings. The van der Waals surface area contributed by atoms with Gasteiger partial charge in [0.2, 0.25) is 0 Å². The van der Waals surface area contributed by atoms with E-state index in [1.807, 2.05) is 24.2 Å². The Morgan fingerprint density at radius 1 is 1.25 bits per heavy atom. The van der Waals surface area contributed by atoms with Crippen LogP contribution in [-0.4, -0.2) is 21.1 Å². The van der Waals surface area contributed by atoms with Crippen LogP contribution in [-0.2, 0) is 13.2 Å². The van der Waals surface area contributed by atoms with Crippen LogP contribution in [0.4, 0.5) is 18.9 Å². The first kappa shape index (κ1) is 16.8. The van der Waals surface area contributed by atoms with Crippen molar-refractivity contribution in [3.63, 3.8) is 0 Å². The van der Waals surface area contributed by atoms with E-state index in [0.717, 1.165) is 37.2 Å². The van der Waals surface area contributed by atoms with Crippen molar-refractivity contribution in [3.8, 4) is 0 Å². The molecule has 0 radical (unpaired) electrons. The maximum Gasteiger partial charge on any atom is 0.416 e. The third kappa shape index (κ3) is 3.40. The van der Waals surface area contributed by atoms with E-state index in [1.165, 1.54) is 6.07 Å². The number of hydrogen-bond acceptors (Lipinski definition) is 1. The smallest absolute Gasteiger partial charge is 0.353 e. The Labute approximate surface area is 144 Å². The maximum absolute atomic E-state index is 12.8. The highest BCUT2D eigenvalue weighted by molar-refractivity contribution is 7.80. The molecule has 128 valence electrons. The van der Waals surface area contributed by atoms with Crippen molar-refractivity contribution < 1.29 is 13.2 Å². The average Bonchev–Trinajstić information content (AvgIpc) is 3.14. The van der Waals surface area contributed by atoms with Crippen molar-refractivity contribution in [2.24, 2.45) is 7.05 Å². The molecule has 1 aliphatic rings. The predicted octanol–water partition coefficient (Wildman–Crippen LogP) is 4.58. The minimum atomic E-state index is -4.36. The Bertz CT molecular complexity index is 739. The van der Waals surface area contributed by atoms with Crippen molar-refractivity contribution in [3.05, 3.63) is 53.9 Å². The van der Waals surface area contributed by atoms with Gasteiger partial charge in [-0.25, -0.2) is 0 Å². The molecule has 1 fully saturated rings. The van der Waals surface area contributed by atoms with Crippen LogP contribution in [0.5, 0.6) is 0 Å². The lowest BCUT2D eigenvalue weighted by Gasteiger charge is -2.28. The van der Waals surface area contributed by atoms with Crippen LogP contribution >= 0.6 is 12.2 Å². The van der Waals surface area contributed by atoms with E-state index < -0.39 is 11.7 Å². The molecule has 0 amide bonds. The summed E-state index contributed by atoms with van der Waals surface area (Å²) in [5.74, 6) is 0. The number of halogens is 3. The first-order chi connectivity index (χ1) is 11.4. The first-order valence-electron chi connectivity index (χ1n) is 7.72. The molecule has 0 spiro atoms. The molecule has 0 bridgehead atoms. The summed E-state index contributed by atoms with van der Waals surface area (Å²) in [6, 6.07) is 9.29. The molecule has 0 aliphatic carbocycles. The molecule has 0 saturated carbocycles. The third-order valence-electron chi connectivity index (χ3n) is 4.28. The largest absolute Gasteiger partial charge is 0.416 e. The van der Waals surface area contributed by atoms with Gasteiger partial charge >= 0.3 is 6.18 Å². The molecule has 3 nitrogen and oxygen atoms in total. The second kappa shape index (κ2) is 6.47. The summed E-state index contributed by atoms with van der Waals surface area (Å²) < 4.78 is 40.5. The lowest BCUT2D eigenvalue weighted by Crippen LogP contribution is -2.34. The zero-order chi connectivity index (χ0) is 17.3. The number of benzene rings is 1. The van der Waals surface area contributed by atoms with Gasteiger partial charge in [-0.15, -0.1) is 0 Å². The van der Waals surface area contributed by atoms with Gasteiger partial charge in [-0.05, 0) is 55.4 Å². The SMILES string of the molecule is Cn1cccc1C1CCCN1C(=S)Nc1cccc(C(F)(F)F)c1. The topological polar surface area (TPSA) is 20.2 Å². The number of aromatic nitrogens is 1. The van der Waals surface area contributed by atoms with Crippen LogP contribution in [0.15, 0.2) is 42.6 Å². The lowest BCUT2D eigenvalue weighted by molar-refractivity contribution is -0.137. The van der Waals surface area contributed by atoms with Crippen LogP contribution in [0.25, 0.3) is 0 Å². The molecule has 1 unspecified atom stereocenters. The third-order valence-corrected chi connectivity index (χ3v) is 4.62. The van der Waals surface area contributed by atoms with Gasteiger partial charge in [-0.2, -0.15) is 13.2 Å². The molecule has 1 N–H and O–H groups in total. The second-order valence-electron chi connectivity index (χ2n) is 5.90. The van der Waals surface area contributed by atoms with Crippen molar-refractivity contribution in [2.45, 2.75) is 25.1 Å². The number of thiocarbonyl (C=S) groups is 1. The standard InChI is InChI=1S/C17H18F3N3S/c1-22-9-3-7-14(22)15-8-4-10-23(15)16(24)21-13-6-2-5-12(11-13)17(18,19)20/h2-3,5-7,9,11,15H,4,8,10H2,1H3,(H,21,24). The van der Waals surface area contributed by atoms with E-state index in [2.05, 4.69) is 16.0 Å². The fraction of sp³-hybridized carbons (Fsp3) is 0.353. The highest BCUT2D eigenvalue weighted by Crippen LogP contribution is 2.33. The lowest BCUT2D eigenvalue weighted by atomic mass is 10.1. The van der Waals surface area contributed by atoms with Crippen LogP contribution in [0.1, 0.15) is 30.1 Å². The normalized spacial score (nSPS) is 18.0. The quantitative estimate of drug-likeness (QED) is 0.798. The Hall–Kier alpha value is -2.02. The summed E-state index contributed by atoms with van der Waals surface area (Å²) in [6.07, 6.45) is -0.407. The highest BCUT2D eigenvalue weighted by atomic mass is 32.1. The zero-order valence-corrected chi connectivity index (χ0v) is 14.0. The molecule has 2 heterocycles. The Kier molecular flexibility index (Phi) is 4.54. The number of anilines is 1. The Balaban J connectivity index is 1.76. The van der Waals surface area contributed by atoms with Crippen LogP contribution in [0.3, 0.4) is 0 Å². The number of aryl methyl sites for hydroxylation is 1. The molecular formula is C17H18F3N3S. The summed E-state index contributed by atoms with van der Waals surface area (Å²) in [7, 11) is 1.98. The van der Waals surface area contributed by atoms with Gasteiger partial charge in [-0.1, -0.05) is 6.07 Å². The van der Waals surface area contributed by atoms with Gasteiger partial charge in [0.1, 0.15) is 0 Å². The van der Waals surface area contributed by atoms with E-state index in [9.17, 15) is 13.2 Å². The minimum absolute atomic E-state index is 0.149. The van der Waals surface area contributed by atoms with Gasteiger partial charge < -0.3 is 14.8 Å². The average molecular weight is 353 g/mol. The molecule has 1 aromatic carbocycles. The van der Waals surface area contributed by atoms with Crippen molar-refractivity contribution in [1.29, 1.82) is 0 Å². The van der Waals surface area contributed by atoms with E-state index in [4.69, 9.17) is 12.2 Å².